The molecule has 0 saturated carbocycles. The Morgan fingerprint density at radius 2 is 1.69 bits per heavy atom. The van der Waals surface area contributed by atoms with Gasteiger partial charge in [-0.15, -0.1) is 0 Å². The maximum absolute atomic E-state index is 12.1. The molecule has 1 fully saturated rings. The molecule has 1 saturated heterocycles. The Morgan fingerprint density at radius 1 is 1.04 bits per heavy atom. The number of amides is 2. The number of thioether (sulfide) groups is 1. The van der Waals surface area contributed by atoms with Gasteiger partial charge in [0.2, 0.25) is 11.8 Å². The van der Waals surface area contributed by atoms with Crippen molar-refractivity contribution >= 4 is 28.7 Å². The highest BCUT2D eigenvalue weighted by atomic mass is 32.2. The molecule has 134 valence electrons. The molecule has 1 aliphatic heterocycles. The van der Waals surface area contributed by atoms with E-state index in [1.807, 2.05) is 48.5 Å². The lowest BCUT2D eigenvalue weighted by atomic mass is 10.2. The SMILES string of the molecule is O=C(C[C@H]1SC(=NCCc2ccccc2)NC1=O)NCc1ccccc1. The molecule has 6 heteroatoms. The third kappa shape index (κ3) is 5.46. The smallest absolute Gasteiger partial charge is 0.240 e. The predicted molar refractivity (Wildman–Crippen MR) is 105 cm³/mol. The van der Waals surface area contributed by atoms with Crippen LogP contribution in [0.25, 0.3) is 0 Å². The van der Waals surface area contributed by atoms with Crippen LogP contribution < -0.4 is 10.6 Å². The number of aliphatic imine (C=N–C) groups is 1. The molecule has 0 aliphatic carbocycles. The second-order valence-corrected chi connectivity index (χ2v) is 7.18. The van der Waals surface area contributed by atoms with Gasteiger partial charge in [0.25, 0.3) is 0 Å². The van der Waals surface area contributed by atoms with Crippen molar-refractivity contribution in [3.63, 3.8) is 0 Å². The van der Waals surface area contributed by atoms with E-state index in [-0.39, 0.29) is 18.2 Å². The van der Waals surface area contributed by atoms with Gasteiger partial charge < -0.3 is 10.6 Å². The molecule has 1 heterocycles. The molecule has 2 aromatic rings. The van der Waals surface area contributed by atoms with Crippen LogP contribution in [0, 0.1) is 0 Å². The Hall–Kier alpha value is -2.60. The maximum Gasteiger partial charge on any atom is 0.240 e. The Balaban J connectivity index is 1.43. The van der Waals surface area contributed by atoms with Crippen LogP contribution in [-0.4, -0.2) is 28.8 Å². The van der Waals surface area contributed by atoms with E-state index in [1.54, 1.807) is 0 Å². The number of carbonyl (C=O) groups is 2. The minimum atomic E-state index is -0.416. The molecule has 0 bridgehead atoms. The first-order chi connectivity index (χ1) is 12.7. The predicted octanol–water partition coefficient (Wildman–Crippen LogP) is 2.52. The monoisotopic (exact) mass is 367 g/mol. The van der Waals surface area contributed by atoms with Crippen molar-refractivity contribution in [2.24, 2.45) is 4.99 Å². The van der Waals surface area contributed by atoms with Crippen molar-refractivity contribution in [2.75, 3.05) is 6.54 Å². The van der Waals surface area contributed by atoms with Crippen LogP contribution in [0.5, 0.6) is 0 Å². The molecule has 2 aromatic carbocycles. The van der Waals surface area contributed by atoms with E-state index in [0.29, 0.717) is 18.3 Å². The van der Waals surface area contributed by atoms with Gasteiger partial charge in [-0.3, -0.25) is 14.6 Å². The first kappa shape index (κ1) is 18.2. The van der Waals surface area contributed by atoms with Crippen molar-refractivity contribution in [3.05, 3.63) is 71.8 Å². The molecule has 5 nitrogen and oxygen atoms in total. The van der Waals surface area contributed by atoms with Crippen molar-refractivity contribution in [1.82, 2.24) is 10.6 Å². The largest absolute Gasteiger partial charge is 0.352 e. The van der Waals surface area contributed by atoms with Crippen molar-refractivity contribution < 1.29 is 9.59 Å². The van der Waals surface area contributed by atoms with E-state index < -0.39 is 5.25 Å². The van der Waals surface area contributed by atoms with Gasteiger partial charge in [-0.2, -0.15) is 0 Å². The molecule has 3 rings (SSSR count). The quantitative estimate of drug-likeness (QED) is 0.790. The number of nitrogens with zero attached hydrogens (tertiary/aromatic N) is 1. The lowest BCUT2D eigenvalue weighted by Gasteiger charge is -2.07. The zero-order chi connectivity index (χ0) is 18.2. The fourth-order valence-corrected chi connectivity index (χ4v) is 3.58. The topological polar surface area (TPSA) is 70.6 Å². The summed E-state index contributed by atoms with van der Waals surface area (Å²) in [6, 6.07) is 19.8. The normalized spacial score (nSPS) is 17.9. The van der Waals surface area contributed by atoms with Gasteiger partial charge in [0.1, 0.15) is 5.25 Å². The molecular formula is C20H21N3O2S. The van der Waals surface area contributed by atoms with Gasteiger partial charge in [-0.05, 0) is 17.5 Å². The number of amidine groups is 1. The van der Waals surface area contributed by atoms with Gasteiger partial charge in [0, 0.05) is 19.5 Å². The summed E-state index contributed by atoms with van der Waals surface area (Å²) in [4.78, 5) is 28.6. The van der Waals surface area contributed by atoms with Gasteiger partial charge in [0.05, 0.1) is 0 Å². The summed E-state index contributed by atoms with van der Waals surface area (Å²) in [5, 5.41) is 5.81. The van der Waals surface area contributed by atoms with Crippen molar-refractivity contribution in [3.8, 4) is 0 Å². The van der Waals surface area contributed by atoms with E-state index in [9.17, 15) is 9.59 Å². The van der Waals surface area contributed by atoms with Crippen LogP contribution in [-0.2, 0) is 22.6 Å². The number of hydrogen-bond donors (Lipinski definition) is 2. The summed E-state index contributed by atoms with van der Waals surface area (Å²) in [6.45, 7) is 1.08. The molecule has 2 amide bonds. The highest BCUT2D eigenvalue weighted by molar-refractivity contribution is 8.15. The van der Waals surface area contributed by atoms with Crippen molar-refractivity contribution in [1.29, 1.82) is 0 Å². The van der Waals surface area contributed by atoms with Gasteiger partial charge in [-0.1, -0.05) is 72.4 Å². The molecule has 1 atom stereocenters. The molecule has 0 radical (unpaired) electrons. The van der Waals surface area contributed by atoms with Crippen LogP contribution >= 0.6 is 11.8 Å². The summed E-state index contributed by atoms with van der Waals surface area (Å²) < 4.78 is 0. The Kier molecular flexibility index (Phi) is 6.44. The molecule has 0 spiro atoms. The molecule has 2 N–H and O–H groups in total. The van der Waals surface area contributed by atoms with Crippen molar-refractivity contribution in [2.45, 2.75) is 24.6 Å². The number of rotatable bonds is 7. The second-order valence-electron chi connectivity index (χ2n) is 5.98. The van der Waals surface area contributed by atoms with E-state index in [1.165, 1.54) is 17.3 Å². The Morgan fingerprint density at radius 3 is 2.38 bits per heavy atom. The summed E-state index contributed by atoms with van der Waals surface area (Å²) in [7, 11) is 0. The minimum Gasteiger partial charge on any atom is -0.352 e. The standard InChI is InChI=1S/C20H21N3O2S/c24-18(22-14-16-9-5-2-6-10-16)13-17-19(25)23-20(26-17)21-12-11-15-7-3-1-4-8-15/h1-10,17H,11-14H2,(H,22,24)(H,21,23,25)/t17-/m1/s1. The average molecular weight is 367 g/mol. The minimum absolute atomic E-state index is 0.132. The zero-order valence-corrected chi connectivity index (χ0v) is 15.2. The number of hydrogen-bond acceptors (Lipinski definition) is 4. The molecule has 26 heavy (non-hydrogen) atoms. The third-order valence-corrected chi connectivity index (χ3v) is 5.10. The first-order valence-electron chi connectivity index (χ1n) is 8.57. The summed E-state index contributed by atoms with van der Waals surface area (Å²) in [6.07, 6.45) is 0.976. The number of carbonyl (C=O) groups excluding carboxylic acids is 2. The van der Waals surface area contributed by atoms with Crippen LogP contribution in [0.4, 0.5) is 0 Å². The van der Waals surface area contributed by atoms with E-state index in [0.717, 1.165) is 12.0 Å². The lowest BCUT2D eigenvalue weighted by Crippen LogP contribution is -2.31. The van der Waals surface area contributed by atoms with Crippen LogP contribution in [0.1, 0.15) is 17.5 Å². The zero-order valence-electron chi connectivity index (χ0n) is 14.4. The summed E-state index contributed by atoms with van der Waals surface area (Å²) in [5.41, 5.74) is 2.25. The number of nitrogens with one attached hydrogen (secondary N) is 2. The Labute approximate surface area is 157 Å². The summed E-state index contributed by atoms with van der Waals surface area (Å²) >= 11 is 1.33. The molecule has 1 aliphatic rings. The fourth-order valence-electron chi connectivity index (χ4n) is 2.58. The Bertz CT molecular complexity index is 778. The third-order valence-electron chi connectivity index (χ3n) is 3.98. The average Bonchev–Trinajstić information content (AvgIpc) is 3.01. The van der Waals surface area contributed by atoms with E-state index in [2.05, 4.69) is 27.8 Å². The summed E-state index contributed by atoms with van der Waals surface area (Å²) in [5.74, 6) is -0.282. The highest BCUT2D eigenvalue weighted by Gasteiger charge is 2.31. The maximum atomic E-state index is 12.1. The fraction of sp³-hybridized carbons (Fsp3) is 0.250. The molecule has 0 unspecified atom stereocenters. The molecule has 0 aromatic heterocycles. The van der Waals surface area contributed by atoms with Gasteiger partial charge >= 0.3 is 0 Å². The van der Waals surface area contributed by atoms with Gasteiger partial charge in [-0.25, -0.2) is 0 Å². The highest BCUT2D eigenvalue weighted by Crippen LogP contribution is 2.22. The van der Waals surface area contributed by atoms with Crippen LogP contribution in [0.15, 0.2) is 65.7 Å². The first-order valence-corrected chi connectivity index (χ1v) is 9.45. The van der Waals surface area contributed by atoms with Crippen LogP contribution in [0.2, 0.25) is 0 Å². The number of benzene rings is 2. The second kappa shape index (κ2) is 9.20. The van der Waals surface area contributed by atoms with E-state index in [4.69, 9.17) is 0 Å². The van der Waals surface area contributed by atoms with E-state index >= 15 is 0 Å². The van der Waals surface area contributed by atoms with Gasteiger partial charge in [0.15, 0.2) is 5.17 Å². The van der Waals surface area contributed by atoms with Crippen LogP contribution in [0.3, 0.4) is 0 Å². The molecular weight excluding hydrogens is 346 g/mol. The lowest BCUT2D eigenvalue weighted by molar-refractivity contribution is -0.125.